The zero-order chi connectivity index (χ0) is 23.1. The Hall–Kier alpha value is -3.29. The summed E-state index contributed by atoms with van der Waals surface area (Å²) in [5, 5.41) is 0.393. The second-order valence-corrected chi connectivity index (χ2v) is 7.34. The van der Waals surface area contributed by atoms with Gasteiger partial charge in [0, 0.05) is 18.2 Å². The molecule has 0 radical (unpaired) electrons. The Labute approximate surface area is 190 Å². The van der Waals surface area contributed by atoms with E-state index in [9.17, 15) is 19.2 Å². The van der Waals surface area contributed by atoms with Gasteiger partial charge in [0.2, 0.25) is 0 Å². The molecule has 166 valence electrons. The van der Waals surface area contributed by atoms with Crippen molar-refractivity contribution in [3.63, 3.8) is 0 Å². The molecule has 0 unspecified atom stereocenters. The van der Waals surface area contributed by atoms with E-state index in [-0.39, 0.29) is 43.8 Å². The lowest BCUT2D eigenvalue weighted by molar-refractivity contribution is -0.140. The van der Waals surface area contributed by atoms with Gasteiger partial charge >= 0.3 is 5.97 Å². The van der Waals surface area contributed by atoms with Gasteiger partial charge in [-0.25, -0.2) is 4.79 Å². The highest BCUT2D eigenvalue weighted by atomic mass is 35.5. The molecule has 1 heterocycles. The minimum atomic E-state index is -0.757. The van der Waals surface area contributed by atoms with Crippen molar-refractivity contribution in [2.45, 2.75) is 13.3 Å². The number of halogens is 1. The molecule has 0 saturated carbocycles. The predicted molar refractivity (Wildman–Crippen MR) is 118 cm³/mol. The number of nitrogens with zero attached hydrogens (tertiary/aromatic N) is 1. The first-order chi connectivity index (χ1) is 15.4. The van der Waals surface area contributed by atoms with Gasteiger partial charge in [-0.15, -0.1) is 0 Å². The maximum Gasteiger partial charge on any atom is 0.341 e. The smallest absolute Gasteiger partial charge is 0.341 e. The van der Waals surface area contributed by atoms with E-state index in [1.165, 1.54) is 6.08 Å². The molecule has 0 N–H and O–H groups in total. The molecule has 3 rings (SSSR count). The number of carbonyl (C=O) groups is 4. The fourth-order valence-corrected chi connectivity index (χ4v) is 3.41. The first kappa shape index (κ1) is 23.4. The van der Waals surface area contributed by atoms with E-state index < -0.39 is 11.8 Å². The normalized spacial score (nSPS) is 13.3. The average Bonchev–Trinajstić information content (AvgIpc) is 3.03. The van der Waals surface area contributed by atoms with Crippen LogP contribution in [0, 0.1) is 0 Å². The second kappa shape index (κ2) is 10.8. The first-order valence-electron chi connectivity index (χ1n) is 10.1. The van der Waals surface area contributed by atoms with E-state index in [1.807, 2.05) is 0 Å². The van der Waals surface area contributed by atoms with Crippen molar-refractivity contribution in [3.05, 3.63) is 75.8 Å². The van der Waals surface area contributed by atoms with Crippen LogP contribution in [0.2, 0.25) is 5.02 Å². The summed E-state index contributed by atoms with van der Waals surface area (Å²) in [6, 6.07) is 13.5. The molecule has 0 spiro atoms. The minimum Gasteiger partial charge on any atom is -0.462 e. The predicted octanol–water partition coefficient (Wildman–Crippen LogP) is 3.56. The minimum absolute atomic E-state index is 0.118. The molecule has 2 aromatic rings. The van der Waals surface area contributed by atoms with Crippen LogP contribution < -0.4 is 0 Å². The molecule has 0 aromatic heterocycles. The van der Waals surface area contributed by atoms with Crippen LogP contribution in [-0.2, 0) is 19.1 Å². The highest BCUT2D eigenvalue weighted by molar-refractivity contribution is 6.32. The number of imide groups is 1. The lowest BCUT2D eigenvalue weighted by Gasteiger charge is -2.13. The Bertz CT molecular complexity index is 1040. The Kier molecular flexibility index (Phi) is 7.92. The van der Waals surface area contributed by atoms with Crippen LogP contribution in [0.15, 0.2) is 54.1 Å². The highest BCUT2D eigenvalue weighted by Crippen LogP contribution is 2.22. The molecule has 0 aliphatic carbocycles. The third-order valence-corrected chi connectivity index (χ3v) is 5.13. The molecule has 0 saturated heterocycles. The molecule has 0 atom stereocenters. The van der Waals surface area contributed by atoms with Gasteiger partial charge in [0.1, 0.15) is 12.2 Å². The monoisotopic (exact) mass is 455 g/mol. The summed E-state index contributed by atoms with van der Waals surface area (Å²) in [7, 11) is 0. The van der Waals surface area contributed by atoms with Crippen LogP contribution in [0.4, 0.5) is 0 Å². The van der Waals surface area contributed by atoms with Crippen molar-refractivity contribution in [3.8, 4) is 0 Å². The van der Waals surface area contributed by atoms with E-state index in [0.717, 1.165) is 4.90 Å². The SMILES string of the molecule is CCOC(=O)/C(=C\c1ccccc1Cl)C(=O)COCCCN1C(=O)c2ccccc2C1=O. The number of rotatable bonds is 10. The molecule has 1 aliphatic rings. The van der Waals surface area contributed by atoms with E-state index >= 15 is 0 Å². The number of ether oxygens (including phenoxy) is 2. The average molecular weight is 456 g/mol. The highest BCUT2D eigenvalue weighted by Gasteiger charge is 2.34. The summed E-state index contributed by atoms with van der Waals surface area (Å²) in [6.07, 6.45) is 1.73. The zero-order valence-electron chi connectivity index (χ0n) is 17.5. The van der Waals surface area contributed by atoms with Crippen molar-refractivity contribution < 1.29 is 28.7 Å². The Morgan fingerprint density at radius 1 is 1.00 bits per heavy atom. The van der Waals surface area contributed by atoms with Gasteiger partial charge in [0.15, 0.2) is 5.78 Å². The van der Waals surface area contributed by atoms with E-state index in [1.54, 1.807) is 55.5 Å². The maximum atomic E-state index is 12.6. The third-order valence-electron chi connectivity index (χ3n) is 4.78. The standard InChI is InChI=1S/C24H22ClNO6/c1-2-32-24(30)19(14-16-8-3-6-11-20(16)25)21(27)15-31-13-7-12-26-22(28)17-9-4-5-10-18(17)23(26)29/h3-6,8-11,14H,2,7,12-13,15H2,1H3/b19-14-. The van der Waals surface area contributed by atoms with Gasteiger partial charge in [-0.3, -0.25) is 19.3 Å². The van der Waals surface area contributed by atoms with Gasteiger partial charge in [-0.2, -0.15) is 0 Å². The summed E-state index contributed by atoms with van der Waals surface area (Å²) in [4.78, 5) is 50.7. The summed E-state index contributed by atoms with van der Waals surface area (Å²) in [5.74, 6) is -1.99. The van der Waals surface area contributed by atoms with Crippen LogP contribution in [0.25, 0.3) is 6.08 Å². The van der Waals surface area contributed by atoms with Gasteiger partial charge in [0.05, 0.1) is 17.7 Å². The maximum absolute atomic E-state index is 12.6. The van der Waals surface area contributed by atoms with Crippen LogP contribution in [0.3, 0.4) is 0 Å². The third kappa shape index (κ3) is 5.30. The van der Waals surface area contributed by atoms with Crippen LogP contribution >= 0.6 is 11.6 Å². The van der Waals surface area contributed by atoms with Gasteiger partial charge < -0.3 is 9.47 Å². The number of benzene rings is 2. The van der Waals surface area contributed by atoms with E-state index in [0.29, 0.717) is 28.1 Å². The molecular weight excluding hydrogens is 434 g/mol. The fraction of sp³-hybridized carbons (Fsp3) is 0.250. The number of amides is 2. The Morgan fingerprint density at radius 2 is 1.62 bits per heavy atom. The second-order valence-electron chi connectivity index (χ2n) is 6.94. The van der Waals surface area contributed by atoms with Crippen molar-refractivity contribution >= 4 is 41.2 Å². The van der Waals surface area contributed by atoms with Crippen LogP contribution in [-0.4, -0.2) is 54.8 Å². The summed E-state index contributed by atoms with van der Waals surface area (Å²) >= 11 is 6.12. The number of hydrogen-bond acceptors (Lipinski definition) is 6. The number of esters is 1. The summed E-state index contributed by atoms with van der Waals surface area (Å²) < 4.78 is 10.4. The molecule has 8 heteroatoms. The molecule has 0 bridgehead atoms. The fourth-order valence-electron chi connectivity index (χ4n) is 3.22. The topological polar surface area (TPSA) is 90.0 Å². The first-order valence-corrected chi connectivity index (χ1v) is 10.5. The lowest BCUT2D eigenvalue weighted by atomic mass is 10.1. The number of hydrogen-bond donors (Lipinski definition) is 0. The molecule has 0 fully saturated rings. The molecule has 32 heavy (non-hydrogen) atoms. The van der Waals surface area contributed by atoms with Crippen molar-refractivity contribution in [2.75, 3.05) is 26.4 Å². The van der Waals surface area contributed by atoms with Gasteiger partial charge in [0.25, 0.3) is 11.8 Å². The molecule has 1 aliphatic heterocycles. The van der Waals surface area contributed by atoms with E-state index in [4.69, 9.17) is 21.1 Å². The van der Waals surface area contributed by atoms with E-state index in [2.05, 4.69) is 0 Å². The number of carbonyl (C=O) groups excluding carboxylic acids is 4. The zero-order valence-corrected chi connectivity index (χ0v) is 18.3. The van der Waals surface area contributed by atoms with Crippen molar-refractivity contribution in [1.82, 2.24) is 4.90 Å². The van der Waals surface area contributed by atoms with Crippen molar-refractivity contribution in [2.24, 2.45) is 0 Å². The number of Topliss-reactive ketones (excluding diaryl/α,β-unsaturated/α-hetero) is 1. The quantitative estimate of drug-likeness (QED) is 0.136. The van der Waals surface area contributed by atoms with Gasteiger partial charge in [-0.1, -0.05) is 41.9 Å². The molecule has 7 nitrogen and oxygen atoms in total. The van der Waals surface area contributed by atoms with Crippen LogP contribution in [0.1, 0.15) is 39.6 Å². The largest absolute Gasteiger partial charge is 0.462 e. The summed E-state index contributed by atoms with van der Waals surface area (Å²) in [5.41, 5.74) is 1.12. The Morgan fingerprint density at radius 3 is 2.25 bits per heavy atom. The molecule has 2 aromatic carbocycles. The van der Waals surface area contributed by atoms with Crippen molar-refractivity contribution in [1.29, 1.82) is 0 Å². The summed E-state index contributed by atoms with van der Waals surface area (Å²) in [6.45, 7) is 1.71. The molecule has 2 amide bonds. The number of ketones is 1. The molecular formula is C24H22ClNO6. The van der Waals surface area contributed by atoms with Crippen LogP contribution in [0.5, 0.6) is 0 Å². The lowest BCUT2D eigenvalue weighted by Crippen LogP contribution is -2.31. The number of fused-ring (bicyclic) bond motifs is 1. The Balaban J connectivity index is 1.55. The van der Waals surface area contributed by atoms with Gasteiger partial charge in [-0.05, 0) is 43.2 Å².